The van der Waals surface area contributed by atoms with Crippen molar-refractivity contribution in [1.82, 2.24) is 4.90 Å². The normalized spacial score (nSPS) is 11.0. The molecule has 0 saturated carbocycles. The smallest absolute Gasteiger partial charge is 0.187 e. The first-order chi connectivity index (χ1) is 12.7. The van der Waals surface area contributed by atoms with Gasteiger partial charge in [-0.05, 0) is 23.8 Å². The van der Waals surface area contributed by atoms with Gasteiger partial charge in [-0.1, -0.05) is 84.9 Å². The van der Waals surface area contributed by atoms with E-state index in [1.54, 1.807) is 12.3 Å². The molecular weight excluding hydrogens is 337 g/mol. The van der Waals surface area contributed by atoms with Crippen molar-refractivity contribution in [1.29, 1.82) is 0 Å². The van der Waals surface area contributed by atoms with Gasteiger partial charge in [0.15, 0.2) is 5.78 Å². The van der Waals surface area contributed by atoms with Crippen LogP contribution in [0.25, 0.3) is 0 Å². The van der Waals surface area contributed by atoms with E-state index < -0.39 is 7.92 Å². The van der Waals surface area contributed by atoms with Gasteiger partial charge in [-0.15, -0.1) is 0 Å². The molecule has 0 fully saturated rings. The summed E-state index contributed by atoms with van der Waals surface area (Å²) in [4.78, 5) is 14.7. The van der Waals surface area contributed by atoms with Crippen LogP contribution < -0.4 is 15.9 Å². The lowest BCUT2D eigenvalue weighted by molar-refractivity contribution is 0.104. The first-order valence-electron chi connectivity index (χ1n) is 8.55. The molecule has 3 aromatic carbocycles. The Balaban J connectivity index is 2.13. The van der Waals surface area contributed by atoms with Crippen molar-refractivity contribution in [2.75, 3.05) is 14.1 Å². The van der Waals surface area contributed by atoms with Crippen LogP contribution in [0.4, 0.5) is 0 Å². The lowest BCUT2D eigenvalue weighted by Crippen LogP contribution is -2.24. The summed E-state index contributed by atoms with van der Waals surface area (Å²) >= 11 is 0. The van der Waals surface area contributed by atoms with Gasteiger partial charge in [-0.25, -0.2) is 0 Å². The molecule has 26 heavy (non-hydrogen) atoms. The van der Waals surface area contributed by atoms with Crippen LogP contribution in [0.5, 0.6) is 0 Å². The lowest BCUT2D eigenvalue weighted by atomic mass is 10.1. The minimum absolute atomic E-state index is 0.0358. The Bertz CT molecular complexity index is 849. The molecule has 130 valence electrons. The summed E-state index contributed by atoms with van der Waals surface area (Å²) in [6.45, 7) is 0. The molecule has 0 spiro atoms. The van der Waals surface area contributed by atoms with E-state index in [2.05, 4.69) is 54.6 Å². The predicted molar refractivity (Wildman–Crippen MR) is 112 cm³/mol. The second-order valence-corrected chi connectivity index (χ2v) is 8.35. The van der Waals surface area contributed by atoms with Crippen molar-refractivity contribution >= 4 is 29.6 Å². The SMILES string of the molecule is CN(C)/C=C/C(=O)c1ccccc1P(c1ccccc1)c1ccccc1. The van der Waals surface area contributed by atoms with Crippen LogP contribution >= 0.6 is 7.92 Å². The number of nitrogens with zero attached hydrogens (tertiary/aromatic N) is 1. The monoisotopic (exact) mass is 359 g/mol. The molecule has 3 rings (SSSR count). The van der Waals surface area contributed by atoms with Gasteiger partial charge in [0.2, 0.25) is 0 Å². The molecule has 0 atom stereocenters. The third-order valence-corrected chi connectivity index (χ3v) is 6.46. The van der Waals surface area contributed by atoms with E-state index in [0.717, 1.165) is 10.9 Å². The van der Waals surface area contributed by atoms with E-state index in [1.807, 2.05) is 49.3 Å². The molecule has 0 aliphatic carbocycles. The van der Waals surface area contributed by atoms with Crippen LogP contribution in [0.1, 0.15) is 10.4 Å². The van der Waals surface area contributed by atoms with E-state index >= 15 is 0 Å². The van der Waals surface area contributed by atoms with Crippen LogP contribution in [-0.4, -0.2) is 24.8 Å². The van der Waals surface area contributed by atoms with Crippen molar-refractivity contribution in [2.45, 2.75) is 0 Å². The zero-order valence-electron chi connectivity index (χ0n) is 15.0. The number of hydrogen-bond acceptors (Lipinski definition) is 2. The second-order valence-electron chi connectivity index (χ2n) is 6.17. The Morgan fingerprint density at radius 2 is 1.27 bits per heavy atom. The molecule has 0 radical (unpaired) electrons. The second kappa shape index (κ2) is 8.60. The van der Waals surface area contributed by atoms with Crippen LogP contribution in [0.15, 0.2) is 97.2 Å². The molecule has 0 aromatic heterocycles. The van der Waals surface area contributed by atoms with Gasteiger partial charge in [0.25, 0.3) is 0 Å². The molecule has 3 aromatic rings. The van der Waals surface area contributed by atoms with Gasteiger partial charge in [0.05, 0.1) is 0 Å². The van der Waals surface area contributed by atoms with Crippen molar-refractivity contribution < 1.29 is 4.79 Å². The van der Waals surface area contributed by atoms with Crippen LogP contribution in [0.3, 0.4) is 0 Å². The highest BCUT2D eigenvalue weighted by Gasteiger charge is 2.21. The molecule has 0 bridgehead atoms. The number of benzene rings is 3. The Morgan fingerprint density at radius 1 is 0.769 bits per heavy atom. The van der Waals surface area contributed by atoms with Gasteiger partial charge >= 0.3 is 0 Å². The van der Waals surface area contributed by atoms with E-state index in [9.17, 15) is 4.79 Å². The highest BCUT2D eigenvalue weighted by atomic mass is 31.1. The fourth-order valence-corrected chi connectivity index (χ4v) is 5.22. The molecular formula is C23H22NOP. The Labute approximate surface area is 156 Å². The molecule has 2 nitrogen and oxygen atoms in total. The summed E-state index contributed by atoms with van der Waals surface area (Å²) in [6.07, 6.45) is 3.44. The molecule has 0 aliphatic rings. The summed E-state index contributed by atoms with van der Waals surface area (Å²) < 4.78 is 0. The van der Waals surface area contributed by atoms with Crippen LogP contribution in [0.2, 0.25) is 0 Å². The Kier molecular flexibility index (Phi) is 5.99. The third-order valence-electron chi connectivity index (χ3n) is 3.96. The van der Waals surface area contributed by atoms with Crippen molar-refractivity contribution in [2.24, 2.45) is 0 Å². The Hall–Kier alpha value is -2.70. The quantitative estimate of drug-likeness (QED) is 0.380. The summed E-state index contributed by atoms with van der Waals surface area (Å²) in [6, 6.07) is 28.9. The highest BCUT2D eigenvalue weighted by molar-refractivity contribution is 7.80. The maximum Gasteiger partial charge on any atom is 0.187 e. The minimum Gasteiger partial charge on any atom is -0.383 e. The third kappa shape index (κ3) is 4.28. The maximum atomic E-state index is 12.8. The van der Waals surface area contributed by atoms with E-state index in [0.29, 0.717) is 0 Å². The average Bonchev–Trinajstić information content (AvgIpc) is 2.68. The van der Waals surface area contributed by atoms with E-state index in [1.165, 1.54) is 10.6 Å². The summed E-state index contributed by atoms with van der Waals surface area (Å²) in [5.74, 6) is 0.0358. The van der Waals surface area contributed by atoms with Gasteiger partial charge < -0.3 is 4.90 Å². The van der Waals surface area contributed by atoms with E-state index in [-0.39, 0.29) is 5.78 Å². The topological polar surface area (TPSA) is 20.3 Å². The van der Waals surface area contributed by atoms with Gasteiger partial charge in [-0.3, -0.25) is 4.79 Å². The highest BCUT2D eigenvalue weighted by Crippen LogP contribution is 2.34. The van der Waals surface area contributed by atoms with Crippen LogP contribution in [-0.2, 0) is 0 Å². The van der Waals surface area contributed by atoms with Gasteiger partial charge in [0.1, 0.15) is 0 Å². The lowest BCUT2D eigenvalue weighted by Gasteiger charge is -2.21. The fraction of sp³-hybridized carbons (Fsp3) is 0.0870. The number of carbonyl (C=O) groups excluding carboxylic acids is 1. The zero-order valence-corrected chi connectivity index (χ0v) is 15.9. The van der Waals surface area contributed by atoms with E-state index in [4.69, 9.17) is 0 Å². The number of carbonyl (C=O) groups is 1. The predicted octanol–water partition coefficient (Wildman–Crippen LogP) is 3.70. The first kappa shape index (κ1) is 18.1. The fourth-order valence-electron chi connectivity index (χ4n) is 2.76. The van der Waals surface area contributed by atoms with Crippen LogP contribution in [0, 0.1) is 0 Å². The maximum absolute atomic E-state index is 12.8. The van der Waals surface area contributed by atoms with Crippen molar-refractivity contribution in [3.63, 3.8) is 0 Å². The summed E-state index contributed by atoms with van der Waals surface area (Å²) in [5, 5.41) is 3.57. The standard InChI is InChI=1S/C23H22NOP/c1-24(2)18-17-22(25)21-15-9-10-16-23(21)26(19-11-5-3-6-12-19)20-13-7-4-8-14-20/h3-18H,1-2H3/b18-17+. The number of ketones is 1. The van der Waals surface area contributed by atoms with Gasteiger partial charge in [0, 0.05) is 31.9 Å². The van der Waals surface area contributed by atoms with Crippen molar-refractivity contribution in [3.05, 3.63) is 103 Å². The minimum atomic E-state index is -0.794. The molecule has 0 N–H and O–H groups in total. The number of allylic oxidation sites excluding steroid dienone is 1. The van der Waals surface area contributed by atoms with Gasteiger partial charge in [-0.2, -0.15) is 0 Å². The Morgan fingerprint density at radius 3 is 1.81 bits per heavy atom. The molecule has 0 saturated heterocycles. The molecule has 3 heteroatoms. The summed E-state index contributed by atoms with van der Waals surface area (Å²) in [7, 11) is 3.03. The zero-order chi connectivity index (χ0) is 18.4. The summed E-state index contributed by atoms with van der Waals surface area (Å²) in [5.41, 5.74) is 0.768. The molecule has 0 unspecified atom stereocenters. The molecule has 0 amide bonds. The van der Waals surface area contributed by atoms with Crippen molar-refractivity contribution in [3.8, 4) is 0 Å². The molecule has 0 aliphatic heterocycles. The molecule has 0 heterocycles. The largest absolute Gasteiger partial charge is 0.383 e. The number of rotatable bonds is 6. The number of hydrogen-bond donors (Lipinski definition) is 0. The average molecular weight is 359 g/mol. The first-order valence-corrected chi connectivity index (χ1v) is 9.89.